The Balaban J connectivity index is 1.89. The smallest absolute Gasteiger partial charge is 0.110 e. The first kappa shape index (κ1) is 13.2. The number of para-hydroxylation sites is 1. The highest BCUT2D eigenvalue weighted by Crippen LogP contribution is 2.28. The molecule has 0 spiro atoms. The van der Waals surface area contributed by atoms with E-state index in [1.807, 2.05) is 6.07 Å². The number of rotatable bonds is 3. The normalized spacial score (nSPS) is 19.6. The number of nitrogens with zero attached hydrogens (tertiary/aromatic N) is 2. The lowest BCUT2D eigenvalue weighted by atomic mass is 9.90. The van der Waals surface area contributed by atoms with Gasteiger partial charge in [-0.2, -0.15) is 5.26 Å². The molecule has 3 heteroatoms. The molecule has 0 saturated carbocycles. The fraction of sp³-hybridized carbons (Fsp3) is 0.471. The van der Waals surface area contributed by atoms with Crippen LogP contribution in [0.4, 0.5) is 0 Å². The summed E-state index contributed by atoms with van der Waals surface area (Å²) in [5.74, 6) is 0. The Morgan fingerprint density at radius 2 is 2.00 bits per heavy atom. The molecule has 3 nitrogen and oxygen atoms in total. The number of hydrogen-bond acceptors (Lipinski definition) is 2. The third kappa shape index (κ3) is 2.32. The predicted octanol–water partition coefficient (Wildman–Crippen LogP) is 3.48. The molecule has 1 unspecified atom stereocenters. The molecule has 0 amide bonds. The van der Waals surface area contributed by atoms with E-state index in [1.165, 1.54) is 30.2 Å². The fourth-order valence-corrected chi connectivity index (χ4v) is 3.26. The molecular formula is C17H21N3. The van der Waals surface area contributed by atoms with E-state index < -0.39 is 5.54 Å². The van der Waals surface area contributed by atoms with Crippen molar-refractivity contribution >= 4 is 10.9 Å². The van der Waals surface area contributed by atoms with Crippen LogP contribution >= 0.6 is 0 Å². The molecule has 104 valence electrons. The number of aromatic nitrogens is 1. The number of nitriles is 1. The SMILES string of the molecule is CC(C#N)(Cc1c[nH]c2ccccc12)N1CCCCC1. The average molecular weight is 267 g/mol. The number of nitrogens with one attached hydrogen (secondary N) is 1. The Morgan fingerprint density at radius 1 is 1.25 bits per heavy atom. The van der Waals surface area contributed by atoms with Crippen LogP contribution in [0.2, 0.25) is 0 Å². The van der Waals surface area contributed by atoms with Gasteiger partial charge >= 0.3 is 0 Å². The van der Waals surface area contributed by atoms with Gasteiger partial charge in [-0.1, -0.05) is 24.6 Å². The fourth-order valence-electron chi connectivity index (χ4n) is 3.26. The van der Waals surface area contributed by atoms with Crippen molar-refractivity contribution < 1.29 is 0 Å². The Labute approximate surface area is 120 Å². The van der Waals surface area contributed by atoms with Crippen molar-refractivity contribution in [3.8, 4) is 6.07 Å². The minimum atomic E-state index is -0.397. The summed E-state index contributed by atoms with van der Waals surface area (Å²) in [6, 6.07) is 10.9. The number of hydrogen-bond donors (Lipinski definition) is 1. The third-order valence-electron chi connectivity index (χ3n) is 4.50. The van der Waals surface area contributed by atoms with Crippen molar-refractivity contribution in [2.45, 2.75) is 38.1 Å². The molecule has 1 saturated heterocycles. The number of fused-ring (bicyclic) bond motifs is 1. The summed E-state index contributed by atoms with van der Waals surface area (Å²) in [4.78, 5) is 5.67. The van der Waals surface area contributed by atoms with Crippen molar-refractivity contribution in [3.05, 3.63) is 36.0 Å². The Morgan fingerprint density at radius 3 is 2.75 bits per heavy atom. The summed E-state index contributed by atoms with van der Waals surface area (Å²) in [6.45, 7) is 4.18. The highest BCUT2D eigenvalue weighted by atomic mass is 15.2. The summed E-state index contributed by atoms with van der Waals surface area (Å²) >= 11 is 0. The van der Waals surface area contributed by atoms with Gasteiger partial charge in [0.25, 0.3) is 0 Å². The van der Waals surface area contributed by atoms with Gasteiger partial charge in [-0.15, -0.1) is 0 Å². The zero-order valence-corrected chi connectivity index (χ0v) is 12.0. The van der Waals surface area contributed by atoms with E-state index in [0.717, 1.165) is 25.0 Å². The maximum Gasteiger partial charge on any atom is 0.110 e. The highest BCUT2D eigenvalue weighted by Gasteiger charge is 2.33. The molecule has 0 radical (unpaired) electrons. The standard InChI is InChI=1S/C17H21N3/c1-17(13-18,20-9-5-2-6-10-20)11-14-12-19-16-8-4-3-7-15(14)16/h3-4,7-8,12,19H,2,5-6,9-11H2,1H3. The van der Waals surface area contributed by atoms with Crippen LogP contribution in [0.25, 0.3) is 10.9 Å². The molecule has 0 bridgehead atoms. The summed E-state index contributed by atoms with van der Waals surface area (Å²) in [6.07, 6.45) is 6.57. The Hall–Kier alpha value is -1.79. The maximum atomic E-state index is 9.71. The summed E-state index contributed by atoms with van der Waals surface area (Å²) < 4.78 is 0. The molecule has 0 aliphatic carbocycles. The van der Waals surface area contributed by atoms with E-state index in [2.05, 4.69) is 47.3 Å². The van der Waals surface area contributed by atoms with Crippen LogP contribution in [0, 0.1) is 11.3 Å². The topological polar surface area (TPSA) is 42.8 Å². The number of H-pyrrole nitrogens is 1. The minimum Gasteiger partial charge on any atom is -0.361 e. The second kappa shape index (κ2) is 5.30. The molecule has 1 fully saturated rings. The van der Waals surface area contributed by atoms with Gasteiger partial charge in [0.15, 0.2) is 0 Å². The second-order valence-corrected chi connectivity index (χ2v) is 5.97. The molecule has 2 aromatic rings. The van der Waals surface area contributed by atoms with Crippen molar-refractivity contribution in [1.82, 2.24) is 9.88 Å². The number of piperidine rings is 1. The lowest BCUT2D eigenvalue weighted by molar-refractivity contribution is 0.124. The molecule has 2 heterocycles. The van der Waals surface area contributed by atoms with Gasteiger partial charge < -0.3 is 4.98 Å². The molecule has 3 rings (SSSR count). The number of likely N-dealkylation sites (tertiary alicyclic amines) is 1. The molecule has 1 aliphatic heterocycles. The second-order valence-electron chi connectivity index (χ2n) is 5.97. The zero-order chi connectivity index (χ0) is 14.0. The van der Waals surface area contributed by atoms with E-state index in [1.54, 1.807) is 0 Å². The minimum absolute atomic E-state index is 0.397. The maximum absolute atomic E-state index is 9.71. The van der Waals surface area contributed by atoms with Crippen LogP contribution in [-0.2, 0) is 6.42 Å². The van der Waals surface area contributed by atoms with Crippen LogP contribution in [0.5, 0.6) is 0 Å². The third-order valence-corrected chi connectivity index (χ3v) is 4.50. The van der Waals surface area contributed by atoms with E-state index in [0.29, 0.717) is 0 Å². The molecule has 1 aromatic carbocycles. The largest absolute Gasteiger partial charge is 0.361 e. The van der Waals surface area contributed by atoms with Crippen LogP contribution in [0.3, 0.4) is 0 Å². The Bertz CT molecular complexity index is 631. The molecule has 1 atom stereocenters. The monoisotopic (exact) mass is 267 g/mol. The molecule has 1 aliphatic rings. The number of aromatic amines is 1. The van der Waals surface area contributed by atoms with E-state index in [9.17, 15) is 5.26 Å². The molecule has 1 N–H and O–H groups in total. The predicted molar refractivity (Wildman–Crippen MR) is 81.4 cm³/mol. The van der Waals surface area contributed by atoms with Gasteiger partial charge in [-0.3, -0.25) is 4.90 Å². The van der Waals surface area contributed by atoms with Crippen molar-refractivity contribution in [2.24, 2.45) is 0 Å². The van der Waals surface area contributed by atoms with Crippen LogP contribution in [0.1, 0.15) is 31.7 Å². The Kier molecular flexibility index (Phi) is 3.50. The number of benzene rings is 1. The summed E-state index contributed by atoms with van der Waals surface area (Å²) in [7, 11) is 0. The summed E-state index contributed by atoms with van der Waals surface area (Å²) in [5, 5.41) is 10.9. The molecule has 1 aromatic heterocycles. The average Bonchev–Trinajstić information content (AvgIpc) is 2.91. The zero-order valence-electron chi connectivity index (χ0n) is 12.0. The van der Waals surface area contributed by atoms with E-state index in [4.69, 9.17) is 0 Å². The quantitative estimate of drug-likeness (QED) is 0.925. The highest BCUT2D eigenvalue weighted by molar-refractivity contribution is 5.83. The first-order valence-corrected chi connectivity index (χ1v) is 7.44. The first-order valence-electron chi connectivity index (χ1n) is 7.44. The lowest BCUT2D eigenvalue weighted by Gasteiger charge is -2.38. The van der Waals surface area contributed by atoms with Gasteiger partial charge in [0, 0.05) is 23.5 Å². The summed E-state index contributed by atoms with van der Waals surface area (Å²) in [5.41, 5.74) is 2.00. The van der Waals surface area contributed by atoms with E-state index >= 15 is 0 Å². The van der Waals surface area contributed by atoms with Gasteiger partial charge in [-0.25, -0.2) is 0 Å². The van der Waals surface area contributed by atoms with Gasteiger partial charge in [-0.05, 0) is 44.5 Å². The van der Waals surface area contributed by atoms with Crippen LogP contribution in [-0.4, -0.2) is 28.5 Å². The molecule has 20 heavy (non-hydrogen) atoms. The van der Waals surface area contributed by atoms with Crippen molar-refractivity contribution in [2.75, 3.05) is 13.1 Å². The van der Waals surface area contributed by atoms with E-state index in [-0.39, 0.29) is 0 Å². The van der Waals surface area contributed by atoms with Crippen LogP contribution < -0.4 is 0 Å². The first-order chi connectivity index (χ1) is 9.73. The lowest BCUT2D eigenvalue weighted by Crippen LogP contribution is -2.49. The van der Waals surface area contributed by atoms with Crippen molar-refractivity contribution in [3.63, 3.8) is 0 Å². The van der Waals surface area contributed by atoms with Gasteiger partial charge in [0.05, 0.1) is 6.07 Å². The van der Waals surface area contributed by atoms with Crippen molar-refractivity contribution in [1.29, 1.82) is 5.26 Å². The molecular weight excluding hydrogens is 246 g/mol. The van der Waals surface area contributed by atoms with Crippen LogP contribution in [0.15, 0.2) is 30.5 Å². The van der Waals surface area contributed by atoms with Gasteiger partial charge in [0.1, 0.15) is 5.54 Å². The van der Waals surface area contributed by atoms with Gasteiger partial charge in [0.2, 0.25) is 0 Å².